The van der Waals surface area contributed by atoms with E-state index in [0.717, 1.165) is 24.7 Å². The molecule has 0 atom stereocenters. The van der Waals surface area contributed by atoms with Crippen LogP contribution in [0.25, 0.3) is 11.1 Å². The fourth-order valence-corrected chi connectivity index (χ4v) is 8.04. The summed E-state index contributed by atoms with van der Waals surface area (Å²) in [7, 11) is 0. The molecule has 0 aromatic heterocycles. The summed E-state index contributed by atoms with van der Waals surface area (Å²) in [6.07, 6.45) is 13.7. The van der Waals surface area contributed by atoms with Crippen LogP contribution in [0.15, 0.2) is 36.4 Å². The molecule has 0 aliphatic heterocycles. The fourth-order valence-electron chi connectivity index (χ4n) is 6.03. The molecular weight excluding hydrogens is 608 g/mol. The molecule has 0 unspecified atom stereocenters. The summed E-state index contributed by atoms with van der Waals surface area (Å²) in [4.78, 5) is 0. The molecule has 2 aromatic rings. The predicted molar refractivity (Wildman–Crippen MR) is 194 cm³/mol. The molecule has 0 fully saturated rings. The summed E-state index contributed by atoms with van der Waals surface area (Å²) >= 11 is 1.65. The molecule has 2 aliphatic rings. The van der Waals surface area contributed by atoms with Crippen LogP contribution in [0.5, 0.6) is 0 Å². The largest absolute Gasteiger partial charge is 0.273 e. The van der Waals surface area contributed by atoms with Crippen LogP contribution in [0.4, 0.5) is 0 Å². The third kappa shape index (κ3) is 11.2. The second kappa shape index (κ2) is 15.1. The predicted octanol–water partition coefficient (Wildman–Crippen LogP) is 12.4. The van der Waals surface area contributed by atoms with Gasteiger partial charge in [-0.15, -0.1) is 23.1 Å². The van der Waals surface area contributed by atoms with E-state index in [1.54, 1.807) is 27.4 Å². The second-order valence-electron chi connectivity index (χ2n) is 18.0. The van der Waals surface area contributed by atoms with Crippen LogP contribution in [-0.2, 0) is 52.3 Å². The van der Waals surface area contributed by atoms with Gasteiger partial charge >= 0.3 is 79.8 Å². The minimum absolute atomic E-state index is 0.0968. The smallest absolute Gasteiger partial charge is 0.109 e. The Morgan fingerprint density at radius 1 is 0.682 bits per heavy atom. The molecule has 0 saturated heterocycles. The molecule has 0 saturated carbocycles. The molecule has 1 heteroatoms. The van der Waals surface area contributed by atoms with E-state index in [1.807, 2.05) is 12.2 Å². The molecule has 2 aromatic carbocycles. The standard InChI is InChI=1S/C29H41.C9H18.C5H5.Zr/c1-26(2,3)22-14-18-13-19-15-23(27(4,5)6)25(29(10,11)12)17-21(19)20(18)16-24(22)28(7,8)9;1-8(2)6-5-7-9(3)4;1-2-4-5-3-1;/h14,16-17H,13H2,1-12H3;8-9H,6-7H2,1-4H3;1-3H,4H2;/q-1;;-1;+2. The first-order valence-electron chi connectivity index (χ1n) is 17.0. The Hall–Kier alpha value is -1.33. The van der Waals surface area contributed by atoms with E-state index in [0.29, 0.717) is 0 Å². The van der Waals surface area contributed by atoms with Crippen molar-refractivity contribution >= 4 is 3.21 Å². The molecule has 0 amide bonds. The number of hydrogen-bond acceptors (Lipinski definition) is 0. The van der Waals surface area contributed by atoms with Gasteiger partial charge in [0.1, 0.15) is 0 Å². The SMILES string of the molecule is CC(C)(C)c1[c-]c2c(cc1C(C)(C)C)-c1cc(C(C)(C)C)c(C(C)(C)C)cc1C2.CC(C)C[C](=[Zr+2])CC(C)C.[C-]1=CC=CC1. The molecule has 44 heavy (non-hydrogen) atoms. The van der Waals surface area contributed by atoms with Crippen LogP contribution < -0.4 is 0 Å². The van der Waals surface area contributed by atoms with Gasteiger partial charge in [0.15, 0.2) is 0 Å². The first-order valence-corrected chi connectivity index (χ1v) is 18.2. The first-order chi connectivity index (χ1) is 19.9. The number of hydrogen-bond donors (Lipinski definition) is 0. The van der Waals surface area contributed by atoms with Gasteiger partial charge in [-0.2, -0.15) is 23.8 Å². The van der Waals surface area contributed by atoms with Gasteiger partial charge in [-0.25, -0.2) is 12.2 Å². The minimum Gasteiger partial charge on any atom is -0.273 e. The van der Waals surface area contributed by atoms with Crippen molar-refractivity contribution in [2.24, 2.45) is 11.8 Å². The van der Waals surface area contributed by atoms with Crippen LogP contribution in [-0.4, -0.2) is 3.21 Å². The van der Waals surface area contributed by atoms with Gasteiger partial charge in [0, 0.05) is 0 Å². The molecule has 0 heterocycles. The Morgan fingerprint density at radius 3 is 1.52 bits per heavy atom. The topological polar surface area (TPSA) is 0 Å². The van der Waals surface area contributed by atoms with E-state index in [9.17, 15) is 0 Å². The van der Waals surface area contributed by atoms with E-state index in [2.05, 4.69) is 147 Å². The van der Waals surface area contributed by atoms with Crippen LogP contribution in [0.2, 0.25) is 0 Å². The average molecular weight is 672 g/mol. The third-order valence-corrected chi connectivity index (χ3v) is 9.13. The van der Waals surface area contributed by atoms with E-state index in [4.69, 9.17) is 0 Å². The quantitative estimate of drug-likeness (QED) is 0.242. The van der Waals surface area contributed by atoms with Crippen LogP contribution in [0, 0.1) is 24.0 Å². The normalized spacial score (nSPS) is 14.3. The van der Waals surface area contributed by atoms with E-state index in [-0.39, 0.29) is 21.7 Å². The van der Waals surface area contributed by atoms with Crippen LogP contribution >= 0.6 is 0 Å². The number of benzene rings is 2. The summed E-state index contributed by atoms with van der Waals surface area (Å²) in [5, 5.41) is 0. The molecule has 2 aliphatic carbocycles. The van der Waals surface area contributed by atoms with Crippen molar-refractivity contribution in [3.05, 3.63) is 82.0 Å². The van der Waals surface area contributed by atoms with Crippen molar-refractivity contribution in [1.82, 2.24) is 0 Å². The maximum Gasteiger partial charge on any atom is -0.109 e. The van der Waals surface area contributed by atoms with Crippen molar-refractivity contribution in [1.29, 1.82) is 0 Å². The van der Waals surface area contributed by atoms with E-state index < -0.39 is 0 Å². The number of fused-ring (bicyclic) bond motifs is 3. The zero-order valence-electron chi connectivity index (χ0n) is 31.4. The van der Waals surface area contributed by atoms with Crippen molar-refractivity contribution in [3.63, 3.8) is 0 Å². The van der Waals surface area contributed by atoms with Gasteiger partial charge < -0.3 is 0 Å². The van der Waals surface area contributed by atoms with Crippen molar-refractivity contribution in [2.45, 2.75) is 158 Å². The Bertz CT molecular complexity index is 1230. The molecule has 0 radical (unpaired) electrons. The van der Waals surface area contributed by atoms with Crippen molar-refractivity contribution in [2.75, 3.05) is 0 Å². The number of allylic oxidation sites excluding steroid dienone is 4. The van der Waals surface area contributed by atoms with Crippen molar-refractivity contribution in [3.8, 4) is 11.1 Å². The fraction of sp³-hybridized carbons (Fsp3) is 0.605. The van der Waals surface area contributed by atoms with Gasteiger partial charge in [-0.3, -0.25) is 6.08 Å². The summed E-state index contributed by atoms with van der Waals surface area (Å²) in [6, 6.07) is 11.4. The molecule has 0 bridgehead atoms. The third-order valence-electron chi connectivity index (χ3n) is 8.13. The van der Waals surface area contributed by atoms with Gasteiger partial charge in [-0.05, 0) is 39.4 Å². The summed E-state index contributed by atoms with van der Waals surface area (Å²) in [5.74, 6) is 1.71. The maximum absolute atomic E-state index is 3.90. The zero-order valence-corrected chi connectivity index (χ0v) is 33.9. The Balaban J connectivity index is 0.000000369. The molecule has 240 valence electrons. The Labute approximate surface area is 288 Å². The molecule has 0 nitrogen and oxygen atoms in total. The Morgan fingerprint density at radius 2 is 1.16 bits per heavy atom. The maximum atomic E-state index is 3.90. The van der Waals surface area contributed by atoms with Crippen molar-refractivity contribution < 1.29 is 24.2 Å². The van der Waals surface area contributed by atoms with Crippen LogP contribution in [0.3, 0.4) is 0 Å². The summed E-state index contributed by atoms with van der Waals surface area (Å²) in [6.45, 7) is 37.2. The van der Waals surface area contributed by atoms with Gasteiger partial charge in [0.2, 0.25) is 0 Å². The van der Waals surface area contributed by atoms with Gasteiger partial charge in [-0.1, -0.05) is 106 Å². The zero-order chi connectivity index (χ0) is 33.8. The van der Waals surface area contributed by atoms with E-state index >= 15 is 0 Å². The molecule has 0 N–H and O–H groups in total. The molecule has 0 spiro atoms. The average Bonchev–Trinajstić information content (AvgIpc) is 3.51. The number of rotatable bonds is 4. The minimum atomic E-state index is 0.0968. The van der Waals surface area contributed by atoms with E-state index in [1.165, 1.54) is 57.3 Å². The molecular formula is C43H64Zr. The second-order valence-corrected chi connectivity index (χ2v) is 19.7. The van der Waals surface area contributed by atoms with Crippen LogP contribution in [0.1, 0.15) is 163 Å². The summed E-state index contributed by atoms with van der Waals surface area (Å²) < 4.78 is 1.75. The summed E-state index contributed by atoms with van der Waals surface area (Å²) in [5.41, 5.74) is 11.9. The van der Waals surface area contributed by atoms with Gasteiger partial charge in [0.05, 0.1) is 0 Å². The monoisotopic (exact) mass is 670 g/mol. The molecule has 4 rings (SSSR count). The van der Waals surface area contributed by atoms with Gasteiger partial charge in [0.25, 0.3) is 0 Å². The first kappa shape index (κ1) is 38.9. The Kier molecular flexibility index (Phi) is 13.3.